The van der Waals surface area contributed by atoms with E-state index in [1.807, 2.05) is 25.7 Å². The quantitative estimate of drug-likeness (QED) is 0.720. The lowest BCUT2D eigenvalue weighted by atomic mass is 9.72. The fourth-order valence-electron chi connectivity index (χ4n) is 3.21. The molecule has 1 aliphatic carbocycles. The van der Waals surface area contributed by atoms with Crippen LogP contribution in [0.4, 0.5) is 4.79 Å². The Labute approximate surface area is 114 Å². The summed E-state index contributed by atoms with van der Waals surface area (Å²) in [4.78, 5) is 14.4. The van der Waals surface area contributed by atoms with Gasteiger partial charge in [0.25, 0.3) is 0 Å². The smallest absolute Gasteiger partial charge is 0.411 e. The number of amides is 1. The number of hydrogen-bond acceptors (Lipinski definition) is 2. The average molecular weight is 262 g/mol. The Morgan fingerprint density at radius 3 is 2.63 bits per heavy atom. The predicted octanol–water partition coefficient (Wildman–Crippen LogP) is 3.12. The molecule has 0 atom stereocenters. The van der Waals surface area contributed by atoms with Crippen molar-refractivity contribution in [2.24, 2.45) is 0 Å². The third-order valence-corrected chi connectivity index (χ3v) is 4.18. The largest absolute Gasteiger partial charge is 0.444 e. The first-order valence-electron chi connectivity index (χ1n) is 7.09. The molecule has 0 radical (unpaired) electrons. The van der Waals surface area contributed by atoms with Gasteiger partial charge in [-0.05, 0) is 52.2 Å². The Hall–Kier alpha value is -1.45. The van der Waals surface area contributed by atoms with E-state index in [-0.39, 0.29) is 11.6 Å². The van der Waals surface area contributed by atoms with Gasteiger partial charge in [0, 0.05) is 25.0 Å². The first-order chi connectivity index (χ1) is 8.92. The van der Waals surface area contributed by atoms with Crippen LogP contribution in [0.5, 0.6) is 0 Å². The molecule has 1 saturated carbocycles. The minimum Gasteiger partial charge on any atom is -0.444 e. The van der Waals surface area contributed by atoms with Crippen LogP contribution in [0.3, 0.4) is 0 Å². The third-order valence-electron chi connectivity index (χ3n) is 4.18. The van der Waals surface area contributed by atoms with Crippen molar-refractivity contribution in [1.82, 2.24) is 9.47 Å². The van der Waals surface area contributed by atoms with Crippen LogP contribution < -0.4 is 0 Å². The van der Waals surface area contributed by atoms with Crippen molar-refractivity contribution < 1.29 is 9.53 Å². The Bertz CT molecular complexity index is 494. The van der Waals surface area contributed by atoms with Gasteiger partial charge in [0.2, 0.25) is 0 Å². The average Bonchev–Trinajstić information content (AvgIpc) is 2.70. The van der Waals surface area contributed by atoms with Crippen molar-refractivity contribution in [2.75, 3.05) is 6.54 Å². The maximum atomic E-state index is 12.4. The van der Waals surface area contributed by atoms with Gasteiger partial charge >= 0.3 is 6.09 Å². The summed E-state index contributed by atoms with van der Waals surface area (Å²) >= 11 is 0. The molecule has 0 N–H and O–H groups in total. The van der Waals surface area contributed by atoms with Crippen LogP contribution in [0, 0.1) is 0 Å². The van der Waals surface area contributed by atoms with Gasteiger partial charge in [-0.1, -0.05) is 0 Å². The van der Waals surface area contributed by atoms with Crippen LogP contribution in [0.2, 0.25) is 0 Å². The lowest BCUT2D eigenvalue weighted by Gasteiger charge is -2.53. The van der Waals surface area contributed by atoms with E-state index in [9.17, 15) is 4.79 Å². The zero-order chi connectivity index (χ0) is 13.7. The lowest BCUT2D eigenvalue weighted by Crippen LogP contribution is -2.59. The van der Waals surface area contributed by atoms with Gasteiger partial charge in [0.05, 0.1) is 5.54 Å². The molecule has 1 spiro atoms. The molecule has 3 rings (SSSR count). The zero-order valence-corrected chi connectivity index (χ0v) is 12.0. The van der Waals surface area contributed by atoms with Gasteiger partial charge in [-0.25, -0.2) is 4.79 Å². The molecule has 1 aromatic rings. The summed E-state index contributed by atoms with van der Waals surface area (Å²) in [6.45, 7) is 7.38. The van der Waals surface area contributed by atoms with E-state index < -0.39 is 5.60 Å². The van der Waals surface area contributed by atoms with E-state index >= 15 is 0 Å². The highest BCUT2D eigenvalue weighted by Crippen LogP contribution is 2.48. The van der Waals surface area contributed by atoms with E-state index in [0.717, 1.165) is 25.9 Å². The van der Waals surface area contributed by atoms with E-state index in [1.54, 1.807) is 0 Å². The maximum Gasteiger partial charge on any atom is 0.411 e. The SMILES string of the molecule is CC(C)(C)OC(=O)N1CCn2cccc2C12CCC2. The highest BCUT2D eigenvalue weighted by molar-refractivity contribution is 5.70. The zero-order valence-electron chi connectivity index (χ0n) is 12.0. The maximum absolute atomic E-state index is 12.4. The van der Waals surface area contributed by atoms with Gasteiger partial charge in [-0.2, -0.15) is 0 Å². The summed E-state index contributed by atoms with van der Waals surface area (Å²) in [6, 6.07) is 4.23. The van der Waals surface area contributed by atoms with Gasteiger partial charge in [0.1, 0.15) is 5.60 Å². The summed E-state index contributed by atoms with van der Waals surface area (Å²) in [7, 11) is 0. The summed E-state index contributed by atoms with van der Waals surface area (Å²) in [5.41, 5.74) is 0.738. The summed E-state index contributed by atoms with van der Waals surface area (Å²) in [5.74, 6) is 0. The number of aromatic nitrogens is 1. The summed E-state index contributed by atoms with van der Waals surface area (Å²) in [5, 5.41) is 0. The van der Waals surface area contributed by atoms with Crippen molar-refractivity contribution >= 4 is 6.09 Å². The molecule has 104 valence electrons. The van der Waals surface area contributed by atoms with Crippen molar-refractivity contribution in [3.05, 3.63) is 24.0 Å². The van der Waals surface area contributed by atoms with Crippen LogP contribution in [0.1, 0.15) is 45.7 Å². The summed E-state index contributed by atoms with van der Waals surface area (Å²) in [6.07, 6.45) is 5.23. The van der Waals surface area contributed by atoms with E-state index in [1.165, 1.54) is 12.1 Å². The highest BCUT2D eigenvalue weighted by Gasteiger charge is 2.50. The molecule has 0 saturated heterocycles. The van der Waals surface area contributed by atoms with Crippen molar-refractivity contribution in [2.45, 2.75) is 57.7 Å². The molecular formula is C15H22N2O2. The molecule has 4 heteroatoms. The lowest BCUT2D eigenvalue weighted by molar-refractivity contribution is -0.0424. The standard InChI is InChI=1S/C15H22N2O2/c1-14(2,3)19-13(18)17-11-10-16-9-4-6-12(16)15(17)7-5-8-15/h4,6,9H,5,7-8,10-11H2,1-3H3. The van der Waals surface area contributed by atoms with Crippen molar-refractivity contribution in [3.8, 4) is 0 Å². The molecule has 1 amide bonds. The van der Waals surface area contributed by atoms with Crippen LogP contribution >= 0.6 is 0 Å². The Morgan fingerprint density at radius 1 is 1.32 bits per heavy atom. The van der Waals surface area contributed by atoms with Gasteiger partial charge in [-0.3, -0.25) is 4.90 Å². The number of ether oxygens (including phenoxy) is 1. The number of nitrogens with zero attached hydrogens (tertiary/aromatic N) is 2. The fourth-order valence-corrected chi connectivity index (χ4v) is 3.21. The molecule has 2 aliphatic rings. The molecule has 0 aromatic carbocycles. The number of carbonyl (C=O) groups is 1. The number of rotatable bonds is 0. The number of fused-ring (bicyclic) bond motifs is 2. The van der Waals surface area contributed by atoms with Gasteiger partial charge in [0.15, 0.2) is 0 Å². The monoisotopic (exact) mass is 262 g/mol. The first-order valence-corrected chi connectivity index (χ1v) is 7.09. The Balaban J connectivity index is 1.89. The molecule has 19 heavy (non-hydrogen) atoms. The molecule has 1 aromatic heterocycles. The predicted molar refractivity (Wildman–Crippen MR) is 72.9 cm³/mol. The van der Waals surface area contributed by atoms with Crippen LogP contribution in [-0.2, 0) is 16.8 Å². The second-order valence-electron chi connectivity index (χ2n) is 6.60. The second-order valence-corrected chi connectivity index (χ2v) is 6.60. The number of hydrogen-bond donors (Lipinski definition) is 0. The topological polar surface area (TPSA) is 34.5 Å². The van der Waals surface area contributed by atoms with Gasteiger partial charge < -0.3 is 9.30 Å². The third kappa shape index (κ3) is 1.94. The molecule has 1 fully saturated rings. The van der Waals surface area contributed by atoms with Crippen LogP contribution in [-0.4, -0.2) is 27.7 Å². The normalized spacial score (nSPS) is 20.9. The highest BCUT2D eigenvalue weighted by atomic mass is 16.6. The fraction of sp³-hybridized carbons (Fsp3) is 0.667. The second kappa shape index (κ2) is 4.02. The summed E-state index contributed by atoms with van der Waals surface area (Å²) < 4.78 is 7.86. The Kier molecular flexibility index (Phi) is 2.66. The first kappa shape index (κ1) is 12.6. The molecule has 1 aliphatic heterocycles. The van der Waals surface area contributed by atoms with Crippen LogP contribution in [0.25, 0.3) is 0 Å². The molecule has 2 heterocycles. The van der Waals surface area contributed by atoms with E-state index in [0.29, 0.717) is 0 Å². The Morgan fingerprint density at radius 2 is 2.05 bits per heavy atom. The molecule has 0 unspecified atom stereocenters. The number of carbonyl (C=O) groups excluding carboxylic acids is 1. The molecule has 0 bridgehead atoms. The minimum atomic E-state index is -0.429. The van der Waals surface area contributed by atoms with Crippen molar-refractivity contribution in [1.29, 1.82) is 0 Å². The van der Waals surface area contributed by atoms with E-state index in [4.69, 9.17) is 4.74 Å². The van der Waals surface area contributed by atoms with Crippen molar-refractivity contribution in [3.63, 3.8) is 0 Å². The molecule has 4 nitrogen and oxygen atoms in total. The van der Waals surface area contributed by atoms with Crippen LogP contribution in [0.15, 0.2) is 18.3 Å². The van der Waals surface area contributed by atoms with Gasteiger partial charge in [-0.15, -0.1) is 0 Å². The molecular weight excluding hydrogens is 240 g/mol. The van der Waals surface area contributed by atoms with E-state index in [2.05, 4.69) is 22.9 Å². The minimum absolute atomic E-state index is 0.107.